The Morgan fingerprint density at radius 2 is 2.50 bits per heavy atom. The molecular weight excluding hydrogens is 172 g/mol. The maximum Gasteiger partial charge on any atom is 0.251 e. The van der Waals surface area contributed by atoms with Crippen LogP contribution in [-0.4, -0.2) is 10.5 Å². The van der Waals surface area contributed by atoms with Crippen molar-refractivity contribution in [2.24, 2.45) is 18.0 Å². The van der Waals surface area contributed by atoms with Gasteiger partial charge in [-0.15, -0.1) is 11.3 Å². The van der Waals surface area contributed by atoms with Crippen LogP contribution in [0, 0.1) is 5.92 Å². The van der Waals surface area contributed by atoms with Gasteiger partial charge in [0, 0.05) is 24.5 Å². The Bertz CT molecular complexity index is 359. The number of nitrogens with zero attached hydrogens (tertiary/aromatic N) is 2. The molecule has 1 aliphatic rings. The fraction of sp³-hybridized carbons (Fsp3) is 0.500. The van der Waals surface area contributed by atoms with E-state index in [9.17, 15) is 4.79 Å². The Labute approximate surface area is 74.4 Å². The van der Waals surface area contributed by atoms with Crippen LogP contribution < -0.4 is 4.80 Å². The summed E-state index contributed by atoms with van der Waals surface area (Å²) in [6, 6.07) is 0. The molecule has 0 aromatic carbocycles. The Balaban J connectivity index is 2.28. The van der Waals surface area contributed by atoms with Gasteiger partial charge in [-0.2, -0.15) is 4.99 Å². The highest BCUT2D eigenvalue weighted by atomic mass is 32.1. The Hall–Kier alpha value is -0.900. The lowest BCUT2D eigenvalue weighted by molar-refractivity contribution is -0.119. The minimum atomic E-state index is 0.0491. The third-order valence-corrected chi connectivity index (χ3v) is 2.74. The van der Waals surface area contributed by atoms with Crippen molar-refractivity contribution in [1.29, 1.82) is 0 Å². The quantitative estimate of drug-likeness (QED) is 0.636. The number of rotatable bonds is 1. The van der Waals surface area contributed by atoms with Crippen LogP contribution in [0.15, 0.2) is 16.6 Å². The van der Waals surface area contributed by atoms with Gasteiger partial charge in [-0.05, 0) is 12.8 Å². The highest BCUT2D eigenvalue weighted by molar-refractivity contribution is 7.07. The molecule has 1 fully saturated rings. The number of aromatic nitrogens is 1. The van der Waals surface area contributed by atoms with Crippen LogP contribution in [0.25, 0.3) is 0 Å². The van der Waals surface area contributed by atoms with Crippen LogP contribution in [0.5, 0.6) is 0 Å². The van der Waals surface area contributed by atoms with E-state index < -0.39 is 0 Å². The average Bonchev–Trinajstić information content (AvgIpc) is 2.80. The first-order chi connectivity index (χ1) is 5.77. The van der Waals surface area contributed by atoms with E-state index in [1.165, 1.54) is 11.3 Å². The first kappa shape index (κ1) is 7.73. The summed E-state index contributed by atoms with van der Waals surface area (Å²) in [5, 5.41) is 1.93. The van der Waals surface area contributed by atoms with E-state index in [1.54, 1.807) is 0 Å². The molecule has 0 N–H and O–H groups in total. The average molecular weight is 182 g/mol. The molecule has 0 aliphatic heterocycles. The third kappa shape index (κ3) is 1.48. The maximum absolute atomic E-state index is 11.3. The van der Waals surface area contributed by atoms with Crippen molar-refractivity contribution < 1.29 is 4.79 Å². The normalized spacial score (nSPS) is 18.2. The molecule has 1 aliphatic carbocycles. The molecule has 0 bridgehead atoms. The van der Waals surface area contributed by atoms with Gasteiger partial charge in [0.25, 0.3) is 5.91 Å². The minimum absolute atomic E-state index is 0.0491. The molecule has 1 saturated carbocycles. The van der Waals surface area contributed by atoms with Gasteiger partial charge < -0.3 is 4.57 Å². The highest BCUT2D eigenvalue weighted by Crippen LogP contribution is 2.29. The summed E-state index contributed by atoms with van der Waals surface area (Å²) in [6.45, 7) is 0. The molecule has 12 heavy (non-hydrogen) atoms. The van der Waals surface area contributed by atoms with Crippen molar-refractivity contribution in [1.82, 2.24) is 4.57 Å². The van der Waals surface area contributed by atoms with Crippen LogP contribution in [0.1, 0.15) is 12.8 Å². The number of amides is 1. The van der Waals surface area contributed by atoms with Gasteiger partial charge >= 0.3 is 0 Å². The van der Waals surface area contributed by atoms with Crippen LogP contribution in [0.2, 0.25) is 0 Å². The number of hydrogen-bond donors (Lipinski definition) is 0. The monoisotopic (exact) mass is 182 g/mol. The van der Waals surface area contributed by atoms with Gasteiger partial charge in [-0.1, -0.05) is 0 Å². The predicted molar refractivity (Wildman–Crippen MR) is 46.6 cm³/mol. The molecule has 0 unspecified atom stereocenters. The molecular formula is C8H10N2OS. The van der Waals surface area contributed by atoms with Crippen molar-refractivity contribution in [2.75, 3.05) is 0 Å². The second kappa shape index (κ2) is 2.86. The van der Waals surface area contributed by atoms with Crippen molar-refractivity contribution >= 4 is 17.2 Å². The zero-order chi connectivity index (χ0) is 8.55. The summed E-state index contributed by atoms with van der Waals surface area (Å²) in [6.07, 6.45) is 3.96. The molecule has 1 heterocycles. The van der Waals surface area contributed by atoms with Gasteiger partial charge in [0.1, 0.15) is 0 Å². The van der Waals surface area contributed by atoms with Crippen molar-refractivity contribution in [2.45, 2.75) is 12.8 Å². The molecule has 0 radical (unpaired) electrons. The minimum Gasteiger partial charge on any atom is -0.327 e. The molecule has 2 rings (SSSR count). The summed E-state index contributed by atoms with van der Waals surface area (Å²) >= 11 is 1.50. The topological polar surface area (TPSA) is 34.4 Å². The van der Waals surface area contributed by atoms with Crippen molar-refractivity contribution in [3.8, 4) is 0 Å². The second-order valence-corrected chi connectivity index (χ2v) is 3.89. The highest BCUT2D eigenvalue weighted by Gasteiger charge is 2.29. The Morgan fingerprint density at radius 1 is 1.75 bits per heavy atom. The predicted octanol–water partition coefficient (Wildman–Crippen LogP) is 0.924. The largest absolute Gasteiger partial charge is 0.327 e. The fourth-order valence-corrected chi connectivity index (χ4v) is 1.69. The van der Waals surface area contributed by atoms with Gasteiger partial charge in [0.15, 0.2) is 4.80 Å². The Kier molecular flexibility index (Phi) is 1.84. The number of carbonyl (C=O) groups is 1. The van der Waals surface area contributed by atoms with Crippen molar-refractivity contribution in [3.05, 3.63) is 16.4 Å². The van der Waals surface area contributed by atoms with E-state index in [4.69, 9.17) is 0 Å². The molecule has 4 heteroatoms. The molecule has 0 atom stereocenters. The van der Waals surface area contributed by atoms with Crippen LogP contribution in [-0.2, 0) is 11.8 Å². The lowest BCUT2D eigenvalue weighted by atomic mass is 10.4. The standard InChI is InChI=1S/C8H10N2OS/c1-10-4-5-12-8(10)9-7(11)6-2-3-6/h4-6H,2-3H2,1H3. The SMILES string of the molecule is Cn1ccsc1=NC(=O)C1CC1. The van der Waals surface area contributed by atoms with Gasteiger partial charge in [0.05, 0.1) is 0 Å². The van der Waals surface area contributed by atoms with Gasteiger partial charge in [0.2, 0.25) is 0 Å². The zero-order valence-corrected chi connectivity index (χ0v) is 7.67. The number of carbonyl (C=O) groups excluding carboxylic acids is 1. The van der Waals surface area contributed by atoms with Crippen molar-refractivity contribution in [3.63, 3.8) is 0 Å². The van der Waals surface area contributed by atoms with E-state index in [0.29, 0.717) is 0 Å². The van der Waals surface area contributed by atoms with Gasteiger partial charge in [-0.3, -0.25) is 4.79 Å². The Morgan fingerprint density at radius 3 is 3.00 bits per heavy atom. The lowest BCUT2D eigenvalue weighted by Gasteiger charge is -1.88. The van der Waals surface area contributed by atoms with Crippen LogP contribution in [0.3, 0.4) is 0 Å². The molecule has 1 amide bonds. The zero-order valence-electron chi connectivity index (χ0n) is 6.86. The number of aryl methyl sites for hydroxylation is 1. The van der Waals surface area contributed by atoms with E-state index >= 15 is 0 Å². The van der Waals surface area contributed by atoms with E-state index in [-0.39, 0.29) is 11.8 Å². The maximum atomic E-state index is 11.3. The summed E-state index contributed by atoms with van der Waals surface area (Å²) in [4.78, 5) is 16.1. The van der Waals surface area contributed by atoms with E-state index in [0.717, 1.165) is 17.6 Å². The summed E-state index contributed by atoms with van der Waals surface area (Å²) < 4.78 is 1.87. The molecule has 0 saturated heterocycles. The third-order valence-electron chi connectivity index (χ3n) is 1.89. The first-order valence-electron chi connectivity index (χ1n) is 3.96. The van der Waals surface area contributed by atoms with Gasteiger partial charge in [-0.25, -0.2) is 0 Å². The summed E-state index contributed by atoms with van der Waals surface area (Å²) in [5.74, 6) is 0.278. The smallest absolute Gasteiger partial charge is 0.251 e. The summed E-state index contributed by atoms with van der Waals surface area (Å²) in [5.41, 5.74) is 0. The fourth-order valence-electron chi connectivity index (χ4n) is 0.951. The summed E-state index contributed by atoms with van der Waals surface area (Å²) in [7, 11) is 1.90. The van der Waals surface area contributed by atoms with Crippen LogP contribution >= 0.6 is 11.3 Å². The second-order valence-electron chi connectivity index (χ2n) is 3.02. The van der Waals surface area contributed by atoms with E-state index in [1.807, 2.05) is 23.2 Å². The number of hydrogen-bond acceptors (Lipinski definition) is 2. The number of thiazole rings is 1. The molecule has 1 aromatic rings. The molecule has 1 aromatic heterocycles. The molecule has 0 spiro atoms. The lowest BCUT2D eigenvalue weighted by Crippen LogP contribution is -2.13. The van der Waals surface area contributed by atoms with Crippen LogP contribution in [0.4, 0.5) is 0 Å². The molecule has 64 valence electrons. The molecule has 3 nitrogen and oxygen atoms in total. The van der Waals surface area contributed by atoms with E-state index in [2.05, 4.69) is 4.99 Å². The first-order valence-corrected chi connectivity index (χ1v) is 4.84.